The molecule has 0 N–H and O–H groups in total. The molecule has 0 unspecified atom stereocenters. The van der Waals surface area contributed by atoms with Gasteiger partial charge in [0.05, 0.1) is 13.3 Å². The second-order valence-electron chi connectivity index (χ2n) is 7.98. The molecule has 4 rings (SSSR count). The monoisotopic (exact) mass is 467 g/mol. The van der Waals surface area contributed by atoms with Gasteiger partial charge >= 0.3 is 0 Å². The number of carbonyl (C=O) groups is 2. The molecule has 0 aliphatic carbocycles. The maximum absolute atomic E-state index is 12.8. The first-order valence-electron chi connectivity index (χ1n) is 10.9. The fraction of sp³-hybridized carbons (Fsp3) is 0.320. The molecule has 1 aliphatic rings. The number of piperazine rings is 1. The number of hydrogen-bond acceptors (Lipinski definition) is 5. The summed E-state index contributed by atoms with van der Waals surface area (Å²) in [5.41, 5.74) is 2.46. The summed E-state index contributed by atoms with van der Waals surface area (Å²) in [4.78, 5) is 33.4. The summed E-state index contributed by atoms with van der Waals surface area (Å²) < 4.78 is 11.1. The van der Waals surface area contributed by atoms with Gasteiger partial charge < -0.3 is 19.0 Å². The Morgan fingerprint density at radius 3 is 2.45 bits per heavy atom. The average molecular weight is 468 g/mol. The van der Waals surface area contributed by atoms with E-state index in [1.165, 1.54) is 0 Å². The number of nitrogens with zero attached hydrogens (tertiary/aromatic N) is 3. The molecule has 2 amide bonds. The minimum absolute atomic E-state index is 0.0327. The van der Waals surface area contributed by atoms with Crippen LogP contribution in [0, 0.1) is 6.92 Å². The van der Waals surface area contributed by atoms with E-state index < -0.39 is 0 Å². The van der Waals surface area contributed by atoms with E-state index in [1.54, 1.807) is 41.3 Å². The molecule has 0 spiro atoms. The molecular weight excluding hydrogens is 442 g/mol. The number of benzene rings is 2. The summed E-state index contributed by atoms with van der Waals surface area (Å²) in [5.74, 6) is 1.85. The van der Waals surface area contributed by atoms with Gasteiger partial charge in [0.1, 0.15) is 5.75 Å². The third kappa shape index (κ3) is 5.37. The lowest BCUT2D eigenvalue weighted by molar-refractivity contribution is -0.132. The van der Waals surface area contributed by atoms with Crippen LogP contribution in [0.25, 0.3) is 11.3 Å². The van der Waals surface area contributed by atoms with Gasteiger partial charge in [-0.05, 0) is 48.9 Å². The summed E-state index contributed by atoms with van der Waals surface area (Å²) in [6.45, 7) is 3.96. The highest BCUT2D eigenvalue weighted by Crippen LogP contribution is 2.23. The highest BCUT2D eigenvalue weighted by atomic mass is 35.5. The topological polar surface area (TPSA) is 75.9 Å². The van der Waals surface area contributed by atoms with Crippen LogP contribution < -0.4 is 4.74 Å². The zero-order chi connectivity index (χ0) is 23.4. The number of ether oxygens (including phenoxy) is 1. The second-order valence-corrected chi connectivity index (χ2v) is 8.42. The largest absolute Gasteiger partial charge is 0.496 e. The SMILES string of the molecule is COc1cc(C(=O)N2CCN(C(=O)CCc3ncc(-c4ccc(Cl)cc4)o3)CC2)ccc1C. The van der Waals surface area contributed by atoms with Crippen molar-refractivity contribution in [3.05, 3.63) is 70.7 Å². The molecule has 2 heterocycles. The summed E-state index contributed by atoms with van der Waals surface area (Å²) in [5, 5.41) is 0.657. The van der Waals surface area contributed by atoms with E-state index in [1.807, 2.05) is 31.2 Å². The maximum atomic E-state index is 12.8. The van der Waals surface area contributed by atoms with Crippen LogP contribution in [0.3, 0.4) is 0 Å². The minimum Gasteiger partial charge on any atom is -0.496 e. The van der Waals surface area contributed by atoms with Gasteiger partial charge in [-0.1, -0.05) is 17.7 Å². The first kappa shape index (κ1) is 22.9. The summed E-state index contributed by atoms with van der Waals surface area (Å²) in [7, 11) is 1.59. The quantitative estimate of drug-likeness (QED) is 0.542. The molecule has 1 fully saturated rings. The van der Waals surface area contributed by atoms with Crippen LogP contribution in [0.4, 0.5) is 0 Å². The van der Waals surface area contributed by atoms with Gasteiger partial charge in [-0.25, -0.2) is 4.98 Å². The summed E-state index contributed by atoms with van der Waals surface area (Å²) in [6, 6.07) is 12.8. The molecule has 8 heteroatoms. The Balaban J connectivity index is 1.27. The van der Waals surface area contributed by atoms with Gasteiger partial charge in [0.2, 0.25) is 5.91 Å². The number of methoxy groups -OCH3 is 1. The van der Waals surface area contributed by atoms with Crippen LogP contribution in [0.5, 0.6) is 5.75 Å². The molecule has 3 aromatic rings. The van der Waals surface area contributed by atoms with E-state index in [0.717, 1.165) is 11.1 Å². The Morgan fingerprint density at radius 1 is 1.06 bits per heavy atom. The summed E-state index contributed by atoms with van der Waals surface area (Å²) >= 11 is 5.92. The van der Waals surface area contributed by atoms with Gasteiger partial charge in [0, 0.05) is 55.2 Å². The Bertz CT molecular complexity index is 1130. The molecule has 1 saturated heterocycles. The van der Waals surface area contributed by atoms with E-state index in [2.05, 4.69) is 4.98 Å². The van der Waals surface area contributed by atoms with E-state index in [-0.39, 0.29) is 11.8 Å². The van der Waals surface area contributed by atoms with Crippen molar-refractivity contribution in [3.8, 4) is 17.1 Å². The number of halogens is 1. The number of hydrogen-bond donors (Lipinski definition) is 0. The molecule has 0 saturated carbocycles. The molecule has 172 valence electrons. The van der Waals surface area contributed by atoms with Gasteiger partial charge in [-0.2, -0.15) is 0 Å². The molecule has 7 nitrogen and oxygen atoms in total. The number of amides is 2. The third-order valence-electron chi connectivity index (χ3n) is 5.81. The Hall–Kier alpha value is -3.32. The van der Waals surface area contributed by atoms with Crippen LogP contribution in [-0.2, 0) is 11.2 Å². The van der Waals surface area contributed by atoms with Gasteiger partial charge in [0.15, 0.2) is 11.7 Å². The van der Waals surface area contributed by atoms with E-state index in [0.29, 0.717) is 67.0 Å². The normalized spacial score (nSPS) is 13.8. The minimum atomic E-state index is -0.0464. The van der Waals surface area contributed by atoms with Crippen molar-refractivity contribution in [1.82, 2.24) is 14.8 Å². The third-order valence-corrected chi connectivity index (χ3v) is 6.06. The van der Waals surface area contributed by atoms with Crippen molar-refractivity contribution < 1.29 is 18.7 Å². The molecule has 2 aromatic carbocycles. The highest BCUT2D eigenvalue weighted by molar-refractivity contribution is 6.30. The Labute approximate surface area is 197 Å². The number of oxazole rings is 1. The van der Waals surface area contributed by atoms with Crippen LogP contribution in [0.15, 0.2) is 53.1 Å². The lowest BCUT2D eigenvalue weighted by Gasteiger charge is -2.35. The standard InChI is InChI=1S/C25H26ClN3O4/c1-17-3-4-19(15-21(17)32-2)25(31)29-13-11-28(12-14-29)24(30)10-9-23-27-16-22(33-23)18-5-7-20(26)8-6-18/h3-8,15-16H,9-14H2,1-2H3. The number of aryl methyl sites for hydroxylation is 2. The van der Waals surface area contributed by atoms with Crippen molar-refractivity contribution in [2.45, 2.75) is 19.8 Å². The van der Waals surface area contributed by atoms with Gasteiger partial charge in [-0.3, -0.25) is 9.59 Å². The Morgan fingerprint density at radius 2 is 1.76 bits per heavy atom. The molecule has 1 aliphatic heterocycles. The van der Waals surface area contributed by atoms with Crippen LogP contribution in [-0.4, -0.2) is 59.9 Å². The smallest absolute Gasteiger partial charge is 0.254 e. The average Bonchev–Trinajstić information content (AvgIpc) is 3.32. The lowest BCUT2D eigenvalue weighted by Crippen LogP contribution is -2.50. The lowest BCUT2D eigenvalue weighted by atomic mass is 10.1. The van der Waals surface area contributed by atoms with Crippen LogP contribution in [0.1, 0.15) is 28.2 Å². The molecular formula is C25H26ClN3O4. The van der Waals surface area contributed by atoms with Crippen molar-refractivity contribution >= 4 is 23.4 Å². The second kappa shape index (κ2) is 10.1. The highest BCUT2D eigenvalue weighted by Gasteiger charge is 2.25. The number of rotatable bonds is 6. The Kier molecular flexibility index (Phi) is 6.99. The fourth-order valence-corrected chi connectivity index (χ4v) is 3.97. The van der Waals surface area contributed by atoms with Crippen molar-refractivity contribution in [2.24, 2.45) is 0 Å². The van der Waals surface area contributed by atoms with Gasteiger partial charge in [-0.15, -0.1) is 0 Å². The zero-order valence-corrected chi connectivity index (χ0v) is 19.5. The number of carbonyl (C=O) groups excluding carboxylic acids is 2. The fourth-order valence-electron chi connectivity index (χ4n) is 3.84. The van der Waals surface area contributed by atoms with E-state index >= 15 is 0 Å². The van der Waals surface area contributed by atoms with Crippen molar-refractivity contribution in [2.75, 3.05) is 33.3 Å². The molecule has 0 atom stereocenters. The maximum Gasteiger partial charge on any atom is 0.254 e. The van der Waals surface area contributed by atoms with Gasteiger partial charge in [0.25, 0.3) is 5.91 Å². The van der Waals surface area contributed by atoms with E-state index in [9.17, 15) is 9.59 Å². The van der Waals surface area contributed by atoms with Crippen LogP contribution >= 0.6 is 11.6 Å². The number of aromatic nitrogens is 1. The predicted octanol–water partition coefficient (Wildman–Crippen LogP) is 4.23. The first-order chi connectivity index (χ1) is 15.9. The molecule has 1 aromatic heterocycles. The molecule has 0 bridgehead atoms. The van der Waals surface area contributed by atoms with Crippen molar-refractivity contribution in [3.63, 3.8) is 0 Å². The van der Waals surface area contributed by atoms with Crippen molar-refractivity contribution in [1.29, 1.82) is 0 Å². The summed E-state index contributed by atoms with van der Waals surface area (Å²) in [6.07, 6.45) is 2.39. The molecule has 0 radical (unpaired) electrons. The predicted molar refractivity (Wildman–Crippen MR) is 125 cm³/mol. The van der Waals surface area contributed by atoms with E-state index in [4.69, 9.17) is 20.8 Å². The first-order valence-corrected chi connectivity index (χ1v) is 11.2. The molecule has 33 heavy (non-hydrogen) atoms. The van der Waals surface area contributed by atoms with Crippen LogP contribution in [0.2, 0.25) is 5.02 Å². The zero-order valence-electron chi connectivity index (χ0n) is 18.7.